The van der Waals surface area contributed by atoms with Crippen LogP contribution in [0.2, 0.25) is 0 Å². The Labute approximate surface area is 119 Å². The molecule has 5 nitrogen and oxygen atoms in total. The van der Waals surface area contributed by atoms with Crippen LogP contribution in [-0.4, -0.2) is 32.5 Å². The molecule has 2 heterocycles. The average Bonchev–Trinajstić information content (AvgIpc) is 2.96. The molecule has 1 atom stereocenters. The monoisotopic (exact) mass is 278 g/mol. The van der Waals surface area contributed by atoms with Gasteiger partial charge in [0.2, 0.25) is 0 Å². The first-order valence-electron chi connectivity index (χ1n) is 7.14. The van der Waals surface area contributed by atoms with Crippen LogP contribution < -0.4 is 16.0 Å². The van der Waals surface area contributed by atoms with Crippen molar-refractivity contribution in [2.75, 3.05) is 26.9 Å². The van der Waals surface area contributed by atoms with E-state index < -0.39 is 0 Å². The highest BCUT2D eigenvalue weighted by molar-refractivity contribution is 5.41. The third-order valence-electron chi connectivity index (χ3n) is 4.49. The van der Waals surface area contributed by atoms with Gasteiger partial charge >= 0.3 is 0 Å². The third kappa shape index (κ3) is 2.31. The maximum absolute atomic E-state index is 5.85. The van der Waals surface area contributed by atoms with E-state index in [-0.39, 0.29) is 11.6 Å². The van der Waals surface area contributed by atoms with Crippen LogP contribution in [0.15, 0.2) is 18.2 Å². The van der Waals surface area contributed by atoms with Crippen molar-refractivity contribution in [1.82, 2.24) is 5.43 Å². The number of hydrogen-bond acceptors (Lipinski definition) is 5. The number of methoxy groups -OCH3 is 1. The Bertz CT molecular complexity index is 472. The Morgan fingerprint density at radius 1 is 1.30 bits per heavy atom. The van der Waals surface area contributed by atoms with Gasteiger partial charge in [-0.1, -0.05) is 12.1 Å². The summed E-state index contributed by atoms with van der Waals surface area (Å²) >= 11 is 0. The molecular formula is C15H22N2O3. The second kappa shape index (κ2) is 5.69. The fourth-order valence-electron chi connectivity index (χ4n) is 3.27. The van der Waals surface area contributed by atoms with E-state index in [0.717, 1.165) is 37.2 Å². The highest BCUT2D eigenvalue weighted by atomic mass is 16.5. The predicted molar refractivity (Wildman–Crippen MR) is 75.5 cm³/mol. The number of ether oxygens (including phenoxy) is 3. The maximum Gasteiger partial charge on any atom is 0.122 e. The second-order valence-corrected chi connectivity index (χ2v) is 5.45. The lowest BCUT2D eigenvalue weighted by molar-refractivity contribution is -0.111. The fourth-order valence-corrected chi connectivity index (χ4v) is 3.27. The molecule has 3 rings (SSSR count). The number of hydrazine groups is 1. The molecule has 1 unspecified atom stereocenters. The molecule has 1 saturated heterocycles. The quantitative estimate of drug-likeness (QED) is 0.642. The van der Waals surface area contributed by atoms with Gasteiger partial charge < -0.3 is 14.2 Å². The lowest BCUT2D eigenvalue weighted by Gasteiger charge is -2.42. The number of benzene rings is 1. The minimum Gasteiger partial charge on any atom is -0.493 e. The number of nitrogens with two attached hydrogens (primary N) is 1. The molecule has 0 aromatic heterocycles. The van der Waals surface area contributed by atoms with E-state index in [1.54, 1.807) is 7.11 Å². The van der Waals surface area contributed by atoms with E-state index in [9.17, 15) is 0 Å². The lowest BCUT2D eigenvalue weighted by Crippen LogP contribution is -2.51. The standard InChI is InChI=1S/C15H22N2O3/c1-18-15(5-8-19-9-6-15)14(17-16)12-2-3-13-11(10-12)4-7-20-13/h2-3,10,14,17H,4-9,16H2,1H3. The van der Waals surface area contributed by atoms with Crippen LogP contribution >= 0.6 is 0 Å². The molecule has 0 saturated carbocycles. The number of nitrogens with one attached hydrogen (secondary N) is 1. The van der Waals surface area contributed by atoms with Crippen LogP contribution in [0.3, 0.4) is 0 Å². The first-order valence-corrected chi connectivity index (χ1v) is 7.14. The fraction of sp³-hybridized carbons (Fsp3) is 0.600. The summed E-state index contributed by atoms with van der Waals surface area (Å²) in [5.74, 6) is 6.83. The first-order chi connectivity index (χ1) is 9.79. The Hall–Kier alpha value is -1.14. The summed E-state index contributed by atoms with van der Waals surface area (Å²) in [6.07, 6.45) is 2.64. The van der Waals surface area contributed by atoms with Gasteiger partial charge in [0.25, 0.3) is 0 Å². The van der Waals surface area contributed by atoms with E-state index in [2.05, 4.69) is 17.6 Å². The van der Waals surface area contributed by atoms with Gasteiger partial charge in [0.15, 0.2) is 0 Å². The molecule has 0 aliphatic carbocycles. The van der Waals surface area contributed by atoms with Crippen molar-refractivity contribution < 1.29 is 14.2 Å². The molecule has 2 aliphatic heterocycles. The van der Waals surface area contributed by atoms with Gasteiger partial charge in [0.05, 0.1) is 18.2 Å². The molecule has 20 heavy (non-hydrogen) atoms. The van der Waals surface area contributed by atoms with Crippen molar-refractivity contribution in [3.05, 3.63) is 29.3 Å². The van der Waals surface area contributed by atoms with Crippen LogP contribution in [0.1, 0.15) is 30.0 Å². The summed E-state index contributed by atoms with van der Waals surface area (Å²) in [4.78, 5) is 0. The Morgan fingerprint density at radius 3 is 2.80 bits per heavy atom. The Balaban J connectivity index is 1.92. The number of hydrogen-bond donors (Lipinski definition) is 2. The zero-order valence-corrected chi connectivity index (χ0v) is 11.9. The predicted octanol–water partition coefficient (Wildman–Crippen LogP) is 1.32. The summed E-state index contributed by atoms with van der Waals surface area (Å²) in [7, 11) is 1.76. The Kier molecular flexibility index (Phi) is 3.94. The molecule has 0 bridgehead atoms. The first kappa shape index (κ1) is 13.8. The van der Waals surface area contributed by atoms with Crippen molar-refractivity contribution in [3.8, 4) is 5.75 Å². The third-order valence-corrected chi connectivity index (χ3v) is 4.49. The smallest absolute Gasteiger partial charge is 0.122 e. The molecule has 110 valence electrons. The molecular weight excluding hydrogens is 256 g/mol. The van der Waals surface area contributed by atoms with Crippen LogP contribution in [0, 0.1) is 0 Å². The Morgan fingerprint density at radius 2 is 2.10 bits per heavy atom. The van der Waals surface area contributed by atoms with E-state index in [0.29, 0.717) is 13.2 Å². The molecule has 1 aromatic rings. The normalized spacial score (nSPS) is 22.1. The molecule has 1 fully saturated rings. The van der Waals surface area contributed by atoms with E-state index in [4.69, 9.17) is 20.1 Å². The van der Waals surface area contributed by atoms with E-state index in [1.165, 1.54) is 5.56 Å². The van der Waals surface area contributed by atoms with Crippen LogP contribution in [0.4, 0.5) is 0 Å². The molecule has 3 N–H and O–H groups in total. The van der Waals surface area contributed by atoms with Gasteiger partial charge in [-0.15, -0.1) is 0 Å². The molecule has 0 spiro atoms. The molecule has 5 heteroatoms. The van der Waals surface area contributed by atoms with Crippen molar-refractivity contribution >= 4 is 0 Å². The van der Waals surface area contributed by atoms with Crippen LogP contribution in [0.5, 0.6) is 5.75 Å². The van der Waals surface area contributed by atoms with Crippen LogP contribution in [-0.2, 0) is 15.9 Å². The lowest BCUT2D eigenvalue weighted by atomic mass is 9.82. The van der Waals surface area contributed by atoms with Gasteiger partial charge in [-0.2, -0.15) is 0 Å². The molecule has 1 aromatic carbocycles. The zero-order valence-electron chi connectivity index (χ0n) is 11.9. The average molecular weight is 278 g/mol. The van der Waals surface area contributed by atoms with E-state index in [1.807, 2.05) is 6.07 Å². The highest BCUT2D eigenvalue weighted by Crippen LogP contribution is 2.38. The largest absolute Gasteiger partial charge is 0.493 e. The topological polar surface area (TPSA) is 65.7 Å². The highest BCUT2D eigenvalue weighted by Gasteiger charge is 2.41. The minimum absolute atomic E-state index is 0.0395. The molecule has 0 radical (unpaired) electrons. The molecule has 0 amide bonds. The summed E-state index contributed by atoms with van der Waals surface area (Å²) in [6.45, 7) is 2.18. The van der Waals surface area contributed by atoms with Crippen molar-refractivity contribution in [1.29, 1.82) is 0 Å². The molecule has 2 aliphatic rings. The van der Waals surface area contributed by atoms with E-state index >= 15 is 0 Å². The number of fused-ring (bicyclic) bond motifs is 1. The van der Waals surface area contributed by atoms with Gasteiger partial charge in [0.1, 0.15) is 5.75 Å². The number of rotatable bonds is 4. The van der Waals surface area contributed by atoms with Gasteiger partial charge in [-0.25, -0.2) is 0 Å². The summed E-state index contributed by atoms with van der Waals surface area (Å²) < 4.78 is 16.9. The summed E-state index contributed by atoms with van der Waals surface area (Å²) in [5.41, 5.74) is 5.05. The SMILES string of the molecule is COC1(C(NN)c2ccc3c(c2)CCO3)CCOCC1. The maximum atomic E-state index is 5.85. The van der Waals surface area contributed by atoms with Gasteiger partial charge in [0, 0.05) is 39.6 Å². The van der Waals surface area contributed by atoms with Crippen molar-refractivity contribution in [3.63, 3.8) is 0 Å². The minimum atomic E-state index is -0.305. The second-order valence-electron chi connectivity index (χ2n) is 5.45. The van der Waals surface area contributed by atoms with Gasteiger partial charge in [-0.05, 0) is 17.2 Å². The zero-order chi connectivity index (χ0) is 14.0. The summed E-state index contributed by atoms with van der Waals surface area (Å²) in [5, 5.41) is 0. The summed E-state index contributed by atoms with van der Waals surface area (Å²) in [6, 6.07) is 6.25. The van der Waals surface area contributed by atoms with Crippen molar-refractivity contribution in [2.24, 2.45) is 5.84 Å². The van der Waals surface area contributed by atoms with Crippen molar-refractivity contribution in [2.45, 2.75) is 30.9 Å². The van der Waals surface area contributed by atoms with Crippen LogP contribution in [0.25, 0.3) is 0 Å². The van der Waals surface area contributed by atoms with Gasteiger partial charge in [-0.3, -0.25) is 11.3 Å².